The Morgan fingerprint density at radius 2 is 2.00 bits per heavy atom. The Labute approximate surface area is 124 Å². The SMILES string of the molecule is COCCNC(N)=NCCCCN1CC(C)CC(C)C1. The topological polar surface area (TPSA) is 62.9 Å². The lowest BCUT2D eigenvalue weighted by Gasteiger charge is -2.34. The Bertz CT molecular complexity index is 273. The van der Waals surface area contributed by atoms with Gasteiger partial charge in [0, 0.05) is 33.3 Å². The highest BCUT2D eigenvalue weighted by Gasteiger charge is 2.20. The molecule has 5 nitrogen and oxygen atoms in total. The van der Waals surface area contributed by atoms with Crippen molar-refractivity contribution >= 4 is 5.96 Å². The number of hydrogen-bond acceptors (Lipinski definition) is 3. The molecular formula is C15H32N4O. The summed E-state index contributed by atoms with van der Waals surface area (Å²) in [5.74, 6) is 2.22. The summed E-state index contributed by atoms with van der Waals surface area (Å²) in [5.41, 5.74) is 5.75. The van der Waals surface area contributed by atoms with E-state index in [1.165, 1.54) is 32.5 Å². The fourth-order valence-electron chi connectivity index (χ4n) is 2.96. The second kappa shape index (κ2) is 10.00. The zero-order chi connectivity index (χ0) is 14.8. The summed E-state index contributed by atoms with van der Waals surface area (Å²) in [6.07, 6.45) is 3.69. The molecule has 1 saturated heterocycles. The van der Waals surface area contributed by atoms with Crippen molar-refractivity contribution in [3.8, 4) is 0 Å². The number of likely N-dealkylation sites (tertiary alicyclic amines) is 1. The van der Waals surface area contributed by atoms with E-state index in [2.05, 4.69) is 29.1 Å². The average molecular weight is 284 g/mol. The van der Waals surface area contributed by atoms with Crippen molar-refractivity contribution in [2.75, 3.05) is 46.4 Å². The molecule has 1 aliphatic rings. The molecule has 0 saturated carbocycles. The first-order chi connectivity index (χ1) is 9.61. The molecule has 118 valence electrons. The van der Waals surface area contributed by atoms with Gasteiger partial charge in [0.05, 0.1) is 6.61 Å². The van der Waals surface area contributed by atoms with Gasteiger partial charge in [-0.2, -0.15) is 0 Å². The molecule has 1 aliphatic heterocycles. The Morgan fingerprint density at radius 3 is 2.65 bits per heavy atom. The molecule has 1 rings (SSSR count). The van der Waals surface area contributed by atoms with Gasteiger partial charge in [-0.05, 0) is 37.6 Å². The number of rotatable bonds is 8. The minimum atomic E-state index is 0.530. The van der Waals surface area contributed by atoms with E-state index in [4.69, 9.17) is 10.5 Å². The smallest absolute Gasteiger partial charge is 0.188 e. The fraction of sp³-hybridized carbons (Fsp3) is 0.933. The summed E-state index contributed by atoms with van der Waals surface area (Å²) in [5, 5.41) is 3.03. The van der Waals surface area contributed by atoms with Gasteiger partial charge in [0.15, 0.2) is 5.96 Å². The van der Waals surface area contributed by atoms with Crippen LogP contribution in [0.15, 0.2) is 4.99 Å². The van der Waals surface area contributed by atoms with E-state index in [0.717, 1.165) is 31.3 Å². The number of unbranched alkanes of at least 4 members (excludes halogenated alkanes) is 1. The third-order valence-electron chi connectivity index (χ3n) is 3.72. The Hall–Kier alpha value is -0.810. The summed E-state index contributed by atoms with van der Waals surface area (Å²) in [7, 11) is 1.68. The van der Waals surface area contributed by atoms with Crippen LogP contribution in [0.5, 0.6) is 0 Å². The molecule has 0 aromatic heterocycles. The summed E-state index contributed by atoms with van der Waals surface area (Å²) < 4.78 is 4.94. The van der Waals surface area contributed by atoms with Crippen LogP contribution in [0.4, 0.5) is 0 Å². The van der Waals surface area contributed by atoms with Gasteiger partial charge >= 0.3 is 0 Å². The van der Waals surface area contributed by atoms with Crippen LogP contribution in [0.2, 0.25) is 0 Å². The van der Waals surface area contributed by atoms with Gasteiger partial charge in [-0.1, -0.05) is 13.8 Å². The number of methoxy groups -OCH3 is 1. The quantitative estimate of drug-likeness (QED) is 0.400. The molecule has 3 N–H and O–H groups in total. The van der Waals surface area contributed by atoms with Crippen molar-refractivity contribution in [2.24, 2.45) is 22.6 Å². The molecule has 0 spiro atoms. The highest BCUT2D eigenvalue weighted by molar-refractivity contribution is 5.77. The number of ether oxygens (including phenoxy) is 1. The van der Waals surface area contributed by atoms with Gasteiger partial charge in [0.2, 0.25) is 0 Å². The van der Waals surface area contributed by atoms with E-state index < -0.39 is 0 Å². The predicted octanol–water partition coefficient (Wildman–Crippen LogP) is 1.30. The van der Waals surface area contributed by atoms with Gasteiger partial charge in [0.1, 0.15) is 0 Å². The van der Waals surface area contributed by atoms with Crippen LogP contribution in [0, 0.1) is 11.8 Å². The highest BCUT2D eigenvalue weighted by Crippen LogP contribution is 2.20. The fourth-order valence-corrected chi connectivity index (χ4v) is 2.96. The summed E-state index contributed by atoms with van der Waals surface area (Å²) >= 11 is 0. The van der Waals surface area contributed by atoms with Crippen LogP contribution in [0.3, 0.4) is 0 Å². The number of nitrogens with zero attached hydrogens (tertiary/aromatic N) is 2. The van der Waals surface area contributed by atoms with Crippen molar-refractivity contribution in [2.45, 2.75) is 33.1 Å². The molecule has 0 bridgehead atoms. The molecule has 5 heteroatoms. The summed E-state index contributed by atoms with van der Waals surface area (Å²) in [4.78, 5) is 6.92. The Kier molecular flexibility index (Phi) is 8.62. The maximum Gasteiger partial charge on any atom is 0.188 e. The van der Waals surface area contributed by atoms with Gasteiger partial charge in [0.25, 0.3) is 0 Å². The van der Waals surface area contributed by atoms with Crippen LogP contribution in [0.1, 0.15) is 33.1 Å². The number of guanidine groups is 1. The van der Waals surface area contributed by atoms with Gasteiger partial charge in [-0.3, -0.25) is 4.99 Å². The zero-order valence-electron chi connectivity index (χ0n) is 13.4. The van der Waals surface area contributed by atoms with E-state index in [0.29, 0.717) is 12.6 Å². The lowest BCUT2D eigenvalue weighted by Crippen LogP contribution is -2.39. The number of nitrogens with one attached hydrogen (secondary N) is 1. The molecule has 2 atom stereocenters. The number of hydrogen-bond donors (Lipinski definition) is 2. The largest absolute Gasteiger partial charge is 0.383 e. The number of aliphatic imine (C=N–C) groups is 1. The third-order valence-corrected chi connectivity index (χ3v) is 3.72. The highest BCUT2D eigenvalue weighted by atomic mass is 16.5. The Balaban J connectivity index is 2.05. The molecule has 0 aromatic carbocycles. The minimum Gasteiger partial charge on any atom is -0.383 e. The van der Waals surface area contributed by atoms with Crippen LogP contribution >= 0.6 is 0 Å². The molecule has 2 unspecified atom stereocenters. The predicted molar refractivity (Wildman–Crippen MR) is 85.0 cm³/mol. The van der Waals surface area contributed by atoms with E-state index in [1.807, 2.05) is 0 Å². The van der Waals surface area contributed by atoms with Crippen LogP contribution in [-0.2, 0) is 4.74 Å². The van der Waals surface area contributed by atoms with Crippen molar-refractivity contribution in [1.82, 2.24) is 10.2 Å². The van der Waals surface area contributed by atoms with E-state index in [1.54, 1.807) is 7.11 Å². The second-order valence-electron chi connectivity index (χ2n) is 6.10. The molecule has 1 heterocycles. The number of nitrogens with two attached hydrogens (primary N) is 1. The minimum absolute atomic E-state index is 0.530. The monoisotopic (exact) mass is 284 g/mol. The van der Waals surface area contributed by atoms with Gasteiger partial charge in [-0.15, -0.1) is 0 Å². The lowest BCUT2D eigenvalue weighted by atomic mass is 9.92. The van der Waals surface area contributed by atoms with Crippen molar-refractivity contribution in [3.05, 3.63) is 0 Å². The maximum atomic E-state index is 5.75. The maximum absolute atomic E-state index is 5.75. The summed E-state index contributed by atoms with van der Waals surface area (Å²) in [6, 6.07) is 0. The van der Waals surface area contributed by atoms with E-state index >= 15 is 0 Å². The molecule has 20 heavy (non-hydrogen) atoms. The van der Waals surface area contributed by atoms with Crippen LogP contribution in [-0.4, -0.2) is 57.3 Å². The zero-order valence-corrected chi connectivity index (χ0v) is 13.4. The van der Waals surface area contributed by atoms with Crippen molar-refractivity contribution in [1.29, 1.82) is 0 Å². The van der Waals surface area contributed by atoms with E-state index in [9.17, 15) is 0 Å². The molecule has 0 amide bonds. The van der Waals surface area contributed by atoms with Gasteiger partial charge in [-0.25, -0.2) is 0 Å². The van der Waals surface area contributed by atoms with Crippen molar-refractivity contribution in [3.63, 3.8) is 0 Å². The van der Waals surface area contributed by atoms with Crippen LogP contribution < -0.4 is 11.1 Å². The van der Waals surface area contributed by atoms with Gasteiger partial charge < -0.3 is 20.7 Å². The lowest BCUT2D eigenvalue weighted by molar-refractivity contribution is 0.139. The standard InChI is InChI=1S/C15H32N4O/c1-13-10-14(2)12-19(11-13)8-5-4-6-17-15(16)18-7-9-20-3/h13-14H,4-12H2,1-3H3,(H3,16,17,18). The summed E-state index contributed by atoms with van der Waals surface area (Å²) in [6.45, 7) is 10.6. The molecule has 1 fully saturated rings. The normalized spacial score (nSPS) is 24.9. The van der Waals surface area contributed by atoms with Crippen LogP contribution in [0.25, 0.3) is 0 Å². The van der Waals surface area contributed by atoms with Crippen molar-refractivity contribution < 1.29 is 4.74 Å². The third kappa shape index (κ3) is 7.70. The molecular weight excluding hydrogens is 252 g/mol. The van der Waals surface area contributed by atoms with E-state index in [-0.39, 0.29) is 0 Å². The molecule has 0 aliphatic carbocycles. The first kappa shape index (κ1) is 17.2. The second-order valence-corrected chi connectivity index (χ2v) is 6.10. The first-order valence-corrected chi connectivity index (χ1v) is 7.87. The molecule has 0 radical (unpaired) electrons. The Morgan fingerprint density at radius 1 is 1.30 bits per heavy atom. The first-order valence-electron chi connectivity index (χ1n) is 7.87. The molecule has 0 aromatic rings. The number of piperidine rings is 1. The average Bonchev–Trinajstić information content (AvgIpc) is 2.37.